The average Bonchev–Trinajstić information content (AvgIpc) is 2.53. The number of rotatable bonds is 3. The van der Waals surface area contributed by atoms with Crippen molar-refractivity contribution >= 4 is 28.2 Å². The first kappa shape index (κ1) is 14.7. The Bertz CT molecular complexity index is 874. The number of ketones is 1. The standard InChI is InChI=1S/C18H15ClN2O/c1-3-17(22)16-6-11(2)15(10-20-16)13-5-4-12-8-18(19)21-9-14(12)7-13/h4-10H,3H2,1-2H3. The van der Waals surface area contributed by atoms with E-state index in [1.54, 1.807) is 12.4 Å². The lowest BCUT2D eigenvalue weighted by Crippen LogP contribution is -2.01. The van der Waals surface area contributed by atoms with Gasteiger partial charge in [-0.3, -0.25) is 9.78 Å². The lowest BCUT2D eigenvalue weighted by molar-refractivity contribution is 0.0983. The van der Waals surface area contributed by atoms with Crippen LogP contribution in [0.3, 0.4) is 0 Å². The zero-order valence-corrected chi connectivity index (χ0v) is 13.2. The van der Waals surface area contributed by atoms with Crippen LogP contribution in [-0.2, 0) is 0 Å². The first-order valence-electron chi connectivity index (χ1n) is 7.14. The van der Waals surface area contributed by atoms with E-state index in [4.69, 9.17) is 11.6 Å². The molecule has 3 aromatic rings. The van der Waals surface area contributed by atoms with Crippen LogP contribution < -0.4 is 0 Å². The van der Waals surface area contributed by atoms with Crippen molar-refractivity contribution < 1.29 is 4.79 Å². The Morgan fingerprint density at radius 3 is 2.64 bits per heavy atom. The molecule has 0 fully saturated rings. The number of aryl methyl sites for hydroxylation is 1. The minimum absolute atomic E-state index is 0.0620. The predicted octanol–water partition coefficient (Wildman–Crippen LogP) is 4.85. The van der Waals surface area contributed by atoms with E-state index in [0.29, 0.717) is 17.3 Å². The summed E-state index contributed by atoms with van der Waals surface area (Å²) in [6.45, 7) is 3.84. The lowest BCUT2D eigenvalue weighted by atomic mass is 9.99. The summed E-state index contributed by atoms with van der Waals surface area (Å²) < 4.78 is 0. The maximum Gasteiger partial charge on any atom is 0.180 e. The van der Waals surface area contributed by atoms with Gasteiger partial charge in [0.2, 0.25) is 0 Å². The van der Waals surface area contributed by atoms with Gasteiger partial charge in [0, 0.05) is 29.8 Å². The van der Waals surface area contributed by atoms with Crippen molar-refractivity contribution in [3.05, 3.63) is 59.1 Å². The van der Waals surface area contributed by atoms with Crippen LogP contribution in [-0.4, -0.2) is 15.8 Å². The molecule has 0 aliphatic rings. The van der Waals surface area contributed by atoms with E-state index >= 15 is 0 Å². The fourth-order valence-corrected chi connectivity index (χ4v) is 2.64. The number of benzene rings is 1. The Morgan fingerprint density at radius 2 is 1.91 bits per heavy atom. The third-order valence-corrected chi connectivity index (χ3v) is 3.92. The fourth-order valence-electron chi connectivity index (χ4n) is 2.47. The summed E-state index contributed by atoms with van der Waals surface area (Å²) >= 11 is 5.91. The Morgan fingerprint density at radius 1 is 1.09 bits per heavy atom. The number of hydrogen-bond acceptors (Lipinski definition) is 3. The van der Waals surface area contributed by atoms with Gasteiger partial charge in [-0.2, -0.15) is 0 Å². The molecule has 2 aromatic heterocycles. The van der Waals surface area contributed by atoms with Crippen LogP contribution in [0.4, 0.5) is 0 Å². The SMILES string of the molecule is CCC(=O)c1cc(C)c(-c2ccc3cc(Cl)ncc3c2)cn1. The van der Waals surface area contributed by atoms with Crippen LogP contribution in [0, 0.1) is 6.92 Å². The largest absolute Gasteiger partial charge is 0.292 e. The molecule has 3 rings (SSSR count). The van der Waals surface area contributed by atoms with E-state index in [2.05, 4.69) is 16.0 Å². The molecule has 0 aliphatic carbocycles. The van der Waals surface area contributed by atoms with Crippen molar-refractivity contribution in [3.63, 3.8) is 0 Å². The van der Waals surface area contributed by atoms with Gasteiger partial charge in [-0.15, -0.1) is 0 Å². The zero-order chi connectivity index (χ0) is 15.7. The molecule has 1 aromatic carbocycles. The molecular weight excluding hydrogens is 296 g/mol. The van der Waals surface area contributed by atoms with Gasteiger partial charge in [0.1, 0.15) is 10.8 Å². The van der Waals surface area contributed by atoms with E-state index in [1.165, 1.54) is 0 Å². The van der Waals surface area contributed by atoms with E-state index in [-0.39, 0.29) is 5.78 Å². The van der Waals surface area contributed by atoms with Crippen LogP contribution >= 0.6 is 11.6 Å². The van der Waals surface area contributed by atoms with Crippen LogP contribution in [0.5, 0.6) is 0 Å². The third kappa shape index (κ3) is 2.72. The number of halogens is 1. The number of Topliss-reactive ketones (excluding diaryl/α,β-unsaturated/α-hetero) is 1. The molecule has 0 amide bonds. The van der Waals surface area contributed by atoms with Crippen molar-refractivity contribution in [1.29, 1.82) is 0 Å². The molecule has 0 radical (unpaired) electrons. The van der Waals surface area contributed by atoms with Gasteiger partial charge in [0.15, 0.2) is 5.78 Å². The molecule has 0 N–H and O–H groups in total. The summed E-state index contributed by atoms with van der Waals surface area (Å²) in [4.78, 5) is 20.1. The number of carbonyl (C=O) groups is 1. The summed E-state index contributed by atoms with van der Waals surface area (Å²) in [6, 6.07) is 9.80. The molecule has 0 unspecified atom stereocenters. The van der Waals surface area contributed by atoms with Gasteiger partial charge in [-0.25, -0.2) is 4.98 Å². The first-order chi connectivity index (χ1) is 10.6. The molecule has 0 bridgehead atoms. The molecule has 2 heterocycles. The molecule has 0 saturated carbocycles. The van der Waals surface area contributed by atoms with Crippen LogP contribution in [0.1, 0.15) is 29.4 Å². The Labute approximate surface area is 134 Å². The normalized spacial score (nSPS) is 10.9. The highest BCUT2D eigenvalue weighted by atomic mass is 35.5. The molecule has 0 saturated heterocycles. The van der Waals surface area contributed by atoms with E-state index in [0.717, 1.165) is 27.5 Å². The maximum absolute atomic E-state index is 11.7. The van der Waals surface area contributed by atoms with Crippen molar-refractivity contribution in [2.75, 3.05) is 0 Å². The predicted molar refractivity (Wildman–Crippen MR) is 89.3 cm³/mol. The van der Waals surface area contributed by atoms with Gasteiger partial charge in [0.25, 0.3) is 0 Å². The fraction of sp³-hybridized carbons (Fsp3) is 0.167. The first-order valence-corrected chi connectivity index (χ1v) is 7.52. The lowest BCUT2D eigenvalue weighted by Gasteiger charge is -2.08. The van der Waals surface area contributed by atoms with Gasteiger partial charge < -0.3 is 0 Å². The van der Waals surface area contributed by atoms with Gasteiger partial charge in [-0.05, 0) is 41.6 Å². The monoisotopic (exact) mass is 310 g/mol. The molecule has 0 atom stereocenters. The summed E-state index contributed by atoms with van der Waals surface area (Å²) in [7, 11) is 0. The molecule has 22 heavy (non-hydrogen) atoms. The van der Waals surface area contributed by atoms with Crippen LogP contribution in [0.2, 0.25) is 5.15 Å². The summed E-state index contributed by atoms with van der Waals surface area (Å²) in [5.74, 6) is 0.0620. The highest BCUT2D eigenvalue weighted by molar-refractivity contribution is 6.30. The molecule has 0 spiro atoms. The van der Waals surface area contributed by atoms with E-state index in [1.807, 2.05) is 38.1 Å². The second-order valence-corrected chi connectivity index (χ2v) is 5.62. The number of carbonyl (C=O) groups excluding carboxylic acids is 1. The number of hydrogen-bond donors (Lipinski definition) is 0. The Kier molecular flexibility index (Phi) is 3.90. The quantitative estimate of drug-likeness (QED) is 0.513. The molecule has 0 aliphatic heterocycles. The summed E-state index contributed by atoms with van der Waals surface area (Å²) in [5.41, 5.74) is 3.63. The number of aromatic nitrogens is 2. The minimum Gasteiger partial charge on any atom is -0.292 e. The van der Waals surface area contributed by atoms with Crippen LogP contribution in [0.15, 0.2) is 42.7 Å². The minimum atomic E-state index is 0.0620. The average molecular weight is 311 g/mol. The number of pyridine rings is 2. The third-order valence-electron chi connectivity index (χ3n) is 3.72. The zero-order valence-electron chi connectivity index (χ0n) is 12.4. The van der Waals surface area contributed by atoms with E-state index in [9.17, 15) is 4.79 Å². The van der Waals surface area contributed by atoms with Crippen molar-refractivity contribution in [3.8, 4) is 11.1 Å². The maximum atomic E-state index is 11.7. The van der Waals surface area contributed by atoms with Crippen molar-refractivity contribution in [1.82, 2.24) is 9.97 Å². The molecule has 4 heteroatoms. The molecule has 3 nitrogen and oxygen atoms in total. The molecular formula is C18H15ClN2O. The van der Waals surface area contributed by atoms with Crippen molar-refractivity contribution in [2.45, 2.75) is 20.3 Å². The van der Waals surface area contributed by atoms with Gasteiger partial charge in [-0.1, -0.05) is 30.7 Å². The highest BCUT2D eigenvalue weighted by Crippen LogP contribution is 2.27. The highest BCUT2D eigenvalue weighted by Gasteiger charge is 2.09. The van der Waals surface area contributed by atoms with Crippen LogP contribution in [0.25, 0.3) is 21.9 Å². The summed E-state index contributed by atoms with van der Waals surface area (Å²) in [5, 5.41) is 2.56. The second kappa shape index (κ2) is 5.85. The summed E-state index contributed by atoms with van der Waals surface area (Å²) in [6.07, 6.45) is 4.00. The smallest absolute Gasteiger partial charge is 0.180 e. The number of nitrogens with zero attached hydrogens (tertiary/aromatic N) is 2. The molecule has 110 valence electrons. The Balaban J connectivity index is 2.07. The van der Waals surface area contributed by atoms with Gasteiger partial charge >= 0.3 is 0 Å². The van der Waals surface area contributed by atoms with Gasteiger partial charge in [0.05, 0.1) is 0 Å². The van der Waals surface area contributed by atoms with Crippen molar-refractivity contribution in [2.24, 2.45) is 0 Å². The topological polar surface area (TPSA) is 42.9 Å². The Hall–Kier alpha value is -2.26. The second-order valence-electron chi connectivity index (χ2n) is 5.23. The number of fused-ring (bicyclic) bond motifs is 1. The van der Waals surface area contributed by atoms with E-state index < -0.39 is 0 Å².